The highest BCUT2D eigenvalue weighted by molar-refractivity contribution is 5.79. The van der Waals surface area contributed by atoms with Crippen molar-refractivity contribution in [1.29, 1.82) is 0 Å². The van der Waals surface area contributed by atoms with Gasteiger partial charge in [-0.05, 0) is 25.2 Å². The van der Waals surface area contributed by atoms with E-state index >= 15 is 0 Å². The molecule has 0 radical (unpaired) electrons. The molecule has 100 valence electrons. The van der Waals surface area contributed by atoms with Crippen LogP contribution >= 0.6 is 0 Å². The Morgan fingerprint density at radius 1 is 1.50 bits per heavy atom. The van der Waals surface area contributed by atoms with Crippen LogP contribution in [-0.2, 0) is 19.0 Å². The van der Waals surface area contributed by atoms with E-state index in [1.54, 1.807) is 7.11 Å². The molecule has 2 saturated carbocycles. The van der Waals surface area contributed by atoms with Gasteiger partial charge in [0.1, 0.15) is 0 Å². The number of fused-ring (bicyclic) bond motifs is 3. The Kier molecular flexibility index (Phi) is 2.75. The van der Waals surface area contributed by atoms with Crippen molar-refractivity contribution < 1.29 is 19.0 Å². The quantitative estimate of drug-likeness (QED) is 0.555. The van der Waals surface area contributed by atoms with Crippen molar-refractivity contribution in [2.45, 2.75) is 25.6 Å². The maximum Gasteiger partial charge on any atom is 0.312 e. The molecular formula is C14H20O4. The minimum absolute atomic E-state index is 0.0843. The number of ether oxygens (including phenoxy) is 3. The van der Waals surface area contributed by atoms with Gasteiger partial charge in [0.2, 0.25) is 0 Å². The van der Waals surface area contributed by atoms with Crippen molar-refractivity contribution in [2.75, 3.05) is 20.8 Å². The minimum atomic E-state index is -0.399. The topological polar surface area (TPSA) is 44.8 Å². The second-order valence-electron chi connectivity index (χ2n) is 5.80. The van der Waals surface area contributed by atoms with Crippen LogP contribution in [0.5, 0.6) is 0 Å². The van der Waals surface area contributed by atoms with Crippen LogP contribution in [0.25, 0.3) is 0 Å². The second-order valence-corrected chi connectivity index (χ2v) is 5.80. The molecule has 18 heavy (non-hydrogen) atoms. The van der Waals surface area contributed by atoms with Crippen LogP contribution < -0.4 is 0 Å². The van der Waals surface area contributed by atoms with Crippen LogP contribution in [0.2, 0.25) is 0 Å². The molecule has 0 aromatic carbocycles. The van der Waals surface area contributed by atoms with Gasteiger partial charge in [-0.25, -0.2) is 0 Å². The van der Waals surface area contributed by atoms with Crippen LogP contribution in [0.1, 0.15) is 19.3 Å². The van der Waals surface area contributed by atoms with Crippen molar-refractivity contribution in [3.63, 3.8) is 0 Å². The molecule has 0 bridgehead atoms. The number of carbonyl (C=O) groups excluding carboxylic acids is 1. The number of allylic oxidation sites excluding steroid dienone is 1. The normalized spacial score (nSPS) is 46.0. The van der Waals surface area contributed by atoms with Crippen molar-refractivity contribution in [3.8, 4) is 0 Å². The van der Waals surface area contributed by atoms with Gasteiger partial charge in [-0.3, -0.25) is 4.79 Å². The molecule has 2 aliphatic carbocycles. The average Bonchev–Trinajstić information content (AvgIpc) is 2.96. The average molecular weight is 252 g/mol. The van der Waals surface area contributed by atoms with Gasteiger partial charge in [0.05, 0.1) is 19.1 Å². The van der Waals surface area contributed by atoms with E-state index in [-0.39, 0.29) is 18.2 Å². The molecule has 3 fully saturated rings. The first-order chi connectivity index (χ1) is 8.63. The molecule has 1 aliphatic heterocycles. The summed E-state index contributed by atoms with van der Waals surface area (Å²) >= 11 is 0. The largest absolute Gasteiger partial charge is 0.469 e. The first-order valence-electron chi connectivity index (χ1n) is 6.53. The van der Waals surface area contributed by atoms with E-state index < -0.39 is 5.41 Å². The van der Waals surface area contributed by atoms with Crippen LogP contribution in [0.15, 0.2) is 12.2 Å². The standard InChI is InChI=1S/C14H20O4/c1-8-4-9-5-10-11(7-18-12(10)16-2)14(9,6-8)13(15)17-3/h9-12H,1,4-7H2,2-3H3/t9-,10-,11-,12-,14+/m0/s1. The Hall–Kier alpha value is -0.870. The molecule has 3 rings (SSSR count). The first kappa shape index (κ1) is 12.2. The molecule has 1 saturated heterocycles. The Morgan fingerprint density at radius 3 is 2.94 bits per heavy atom. The van der Waals surface area contributed by atoms with Crippen molar-refractivity contribution in [2.24, 2.45) is 23.2 Å². The molecule has 5 atom stereocenters. The highest BCUT2D eigenvalue weighted by Gasteiger charge is 2.66. The molecule has 1 heterocycles. The molecule has 0 spiro atoms. The fourth-order valence-corrected chi connectivity index (χ4v) is 4.48. The summed E-state index contributed by atoms with van der Waals surface area (Å²) in [5, 5.41) is 0. The SMILES string of the molecule is C=C1C[C@H]2C[C@@H]3[C@@H](OC)OC[C@@H]3[C@@]2(C(=O)OC)C1. The smallest absolute Gasteiger partial charge is 0.312 e. The third-order valence-electron chi connectivity index (χ3n) is 5.13. The lowest BCUT2D eigenvalue weighted by molar-refractivity contribution is -0.157. The molecule has 0 aromatic heterocycles. The maximum absolute atomic E-state index is 12.3. The van der Waals surface area contributed by atoms with Crippen LogP contribution in [-0.4, -0.2) is 33.1 Å². The number of hydrogen-bond donors (Lipinski definition) is 0. The van der Waals surface area contributed by atoms with Gasteiger partial charge in [0.25, 0.3) is 0 Å². The summed E-state index contributed by atoms with van der Waals surface area (Å²) in [6.45, 7) is 4.67. The summed E-state index contributed by atoms with van der Waals surface area (Å²) in [6, 6.07) is 0. The highest BCUT2D eigenvalue weighted by atomic mass is 16.7. The van der Waals surface area contributed by atoms with E-state index in [1.807, 2.05) is 0 Å². The third kappa shape index (κ3) is 1.36. The van der Waals surface area contributed by atoms with Gasteiger partial charge in [-0.2, -0.15) is 0 Å². The predicted molar refractivity (Wildman–Crippen MR) is 64.7 cm³/mol. The van der Waals surface area contributed by atoms with Gasteiger partial charge in [-0.1, -0.05) is 12.2 Å². The van der Waals surface area contributed by atoms with Crippen molar-refractivity contribution in [3.05, 3.63) is 12.2 Å². The summed E-state index contributed by atoms with van der Waals surface area (Å²) < 4.78 is 16.1. The van der Waals surface area contributed by atoms with E-state index in [9.17, 15) is 4.79 Å². The lowest BCUT2D eigenvalue weighted by atomic mass is 9.73. The molecule has 0 N–H and O–H groups in total. The fourth-order valence-electron chi connectivity index (χ4n) is 4.48. The van der Waals surface area contributed by atoms with Crippen LogP contribution in [0.4, 0.5) is 0 Å². The minimum Gasteiger partial charge on any atom is -0.469 e. The summed E-state index contributed by atoms with van der Waals surface area (Å²) in [6.07, 6.45) is 2.52. The van der Waals surface area contributed by atoms with Gasteiger partial charge in [0, 0.05) is 18.9 Å². The Labute approximate surface area is 107 Å². The van der Waals surface area contributed by atoms with Gasteiger partial charge < -0.3 is 14.2 Å². The second kappa shape index (κ2) is 4.07. The van der Waals surface area contributed by atoms with Crippen LogP contribution in [0.3, 0.4) is 0 Å². The van der Waals surface area contributed by atoms with Gasteiger partial charge >= 0.3 is 5.97 Å². The van der Waals surface area contributed by atoms with Crippen LogP contribution in [0, 0.1) is 23.2 Å². The highest BCUT2D eigenvalue weighted by Crippen LogP contribution is 2.64. The third-order valence-corrected chi connectivity index (χ3v) is 5.13. The number of rotatable bonds is 2. The van der Waals surface area contributed by atoms with Gasteiger partial charge in [0.15, 0.2) is 6.29 Å². The maximum atomic E-state index is 12.3. The monoisotopic (exact) mass is 252 g/mol. The Morgan fingerprint density at radius 2 is 2.28 bits per heavy atom. The van der Waals surface area contributed by atoms with Gasteiger partial charge in [-0.15, -0.1) is 0 Å². The first-order valence-corrected chi connectivity index (χ1v) is 6.53. The molecule has 4 nitrogen and oxygen atoms in total. The number of carbonyl (C=O) groups is 1. The molecule has 0 amide bonds. The molecule has 3 aliphatic rings. The Bertz CT molecular complexity index is 391. The van der Waals surface area contributed by atoms with Crippen molar-refractivity contribution >= 4 is 5.97 Å². The fraction of sp³-hybridized carbons (Fsp3) is 0.786. The lowest BCUT2D eigenvalue weighted by Gasteiger charge is -2.31. The molecular weight excluding hydrogens is 232 g/mol. The van der Waals surface area contributed by atoms with E-state index in [2.05, 4.69) is 6.58 Å². The summed E-state index contributed by atoms with van der Waals surface area (Å²) in [5.41, 5.74) is 0.772. The number of esters is 1. The Balaban J connectivity index is 1.96. The van der Waals surface area contributed by atoms with E-state index in [1.165, 1.54) is 12.7 Å². The zero-order valence-corrected chi connectivity index (χ0v) is 11.0. The number of methoxy groups -OCH3 is 2. The van der Waals surface area contributed by atoms with E-state index in [4.69, 9.17) is 14.2 Å². The zero-order valence-electron chi connectivity index (χ0n) is 11.0. The lowest BCUT2D eigenvalue weighted by Crippen LogP contribution is -2.39. The summed E-state index contributed by atoms with van der Waals surface area (Å²) in [7, 11) is 3.15. The summed E-state index contributed by atoms with van der Waals surface area (Å²) in [4.78, 5) is 12.3. The van der Waals surface area contributed by atoms with E-state index in [0.717, 1.165) is 19.3 Å². The van der Waals surface area contributed by atoms with E-state index in [0.29, 0.717) is 18.4 Å². The molecule has 0 aromatic rings. The number of hydrogen-bond acceptors (Lipinski definition) is 4. The molecule has 4 heteroatoms. The van der Waals surface area contributed by atoms with Crippen molar-refractivity contribution in [1.82, 2.24) is 0 Å². The molecule has 0 unspecified atom stereocenters. The predicted octanol–water partition coefficient (Wildman–Crippen LogP) is 1.75. The zero-order chi connectivity index (χ0) is 12.9. The summed E-state index contributed by atoms with van der Waals surface area (Å²) in [5.74, 6) is 0.819.